The highest BCUT2D eigenvalue weighted by Gasteiger charge is 2.24. The number of carbonyl (C=O) groups excluding carboxylic acids is 3. The van der Waals surface area contributed by atoms with Gasteiger partial charge in [0.05, 0.1) is 7.11 Å². The van der Waals surface area contributed by atoms with E-state index in [4.69, 9.17) is 0 Å². The molecule has 0 aliphatic heterocycles. The van der Waals surface area contributed by atoms with Gasteiger partial charge in [0.25, 0.3) is 0 Å². The van der Waals surface area contributed by atoms with Crippen LogP contribution in [-0.4, -0.2) is 44.1 Å². The van der Waals surface area contributed by atoms with E-state index in [2.05, 4.69) is 20.7 Å². The first-order chi connectivity index (χ1) is 12.9. The van der Waals surface area contributed by atoms with Gasteiger partial charge in [0.1, 0.15) is 6.04 Å². The zero-order valence-electron chi connectivity index (χ0n) is 15.4. The van der Waals surface area contributed by atoms with E-state index in [0.717, 1.165) is 0 Å². The first-order valence-corrected chi connectivity index (χ1v) is 8.19. The lowest BCUT2D eigenvalue weighted by molar-refractivity contribution is -0.130. The molecule has 0 unspecified atom stereocenters. The molecule has 27 heavy (non-hydrogen) atoms. The minimum absolute atomic E-state index is 0.252. The molecule has 4 amide bonds. The van der Waals surface area contributed by atoms with E-state index in [9.17, 15) is 14.4 Å². The molecule has 0 heterocycles. The van der Waals surface area contributed by atoms with E-state index in [0.29, 0.717) is 16.9 Å². The standard InChI is InChI=1S/C19H22N4O4/c1-23(2)17(24)16(13-8-5-4-6-9-13)22-18(25)20-14-10-7-11-15(12-14)21-19(26)27-3/h4-12,16H,1-3H3,(H,21,26)(H2,20,22,25)/t16-/m1/s1. The van der Waals surface area contributed by atoms with Crippen LogP contribution in [0.5, 0.6) is 0 Å². The number of benzene rings is 2. The van der Waals surface area contributed by atoms with E-state index in [-0.39, 0.29) is 5.91 Å². The Bertz CT molecular complexity index is 808. The summed E-state index contributed by atoms with van der Waals surface area (Å²) >= 11 is 0. The van der Waals surface area contributed by atoms with Crippen LogP contribution in [0.3, 0.4) is 0 Å². The topological polar surface area (TPSA) is 99.8 Å². The maximum atomic E-state index is 12.5. The molecule has 0 aromatic heterocycles. The van der Waals surface area contributed by atoms with Crippen LogP contribution < -0.4 is 16.0 Å². The fourth-order valence-corrected chi connectivity index (χ4v) is 2.33. The van der Waals surface area contributed by atoms with Gasteiger partial charge in [-0.1, -0.05) is 36.4 Å². The molecule has 8 nitrogen and oxygen atoms in total. The Kier molecular flexibility index (Phi) is 6.76. The van der Waals surface area contributed by atoms with E-state index >= 15 is 0 Å². The lowest BCUT2D eigenvalue weighted by atomic mass is 10.1. The van der Waals surface area contributed by atoms with E-state index in [1.807, 2.05) is 6.07 Å². The van der Waals surface area contributed by atoms with Crippen LogP contribution in [0.1, 0.15) is 11.6 Å². The molecule has 142 valence electrons. The van der Waals surface area contributed by atoms with Crippen LogP contribution in [0.25, 0.3) is 0 Å². The quantitative estimate of drug-likeness (QED) is 0.753. The maximum absolute atomic E-state index is 12.5. The number of carbonyl (C=O) groups is 3. The van der Waals surface area contributed by atoms with Gasteiger partial charge in [-0.15, -0.1) is 0 Å². The van der Waals surface area contributed by atoms with E-state index in [1.54, 1.807) is 62.6 Å². The van der Waals surface area contributed by atoms with Crippen molar-refractivity contribution in [2.75, 3.05) is 31.8 Å². The Balaban J connectivity index is 2.11. The Morgan fingerprint density at radius 1 is 0.926 bits per heavy atom. The van der Waals surface area contributed by atoms with Crippen molar-refractivity contribution in [3.8, 4) is 0 Å². The number of nitrogens with zero attached hydrogens (tertiary/aromatic N) is 1. The van der Waals surface area contributed by atoms with Gasteiger partial charge in [0.2, 0.25) is 5.91 Å². The molecule has 2 rings (SSSR count). The van der Waals surface area contributed by atoms with Crippen LogP contribution in [0.4, 0.5) is 21.0 Å². The molecule has 0 saturated carbocycles. The minimum Gasteiger partial charge on any atom is -0.453 e. The fraction of sp³-hybridized carbons (Fsp3) is 0.211. The number of rotatable bonds is 5. The van der Waals surface area contributed by atoms with Crippen molar-refractivity contribution >= 4 is 29.4 Å². The average molecular weight is 370 g/mol. The molecule has 0 aliphatic rings. The van der Waals surface area contributed by atoms with Gasteiger partial charge in [0.15, 0.2) is 0 Å². The number of likely N-dealkylation sites (N-methyl/N-ethyl adjacent to an activating group) is 1. The average Bonchev–Trinajstić information content (AvgIpc) is 2.66. The molecule has 3 N–H and O–H groups in total. The number of hydrogen-bond donors (Lipinski definition) is 3. The van der Waals surface area contributed by atoms with Crippen molar-refractivity contribution in [1.29, 1.82) is 0 Å². The summed E-state index contributed by atoms with van der Waals surface area (Å²) in [5.74, 6) is -0.252. The first-order valence-electron chi connectivity index (χ1n) is 8.19. The third-order valence-corrected chi connectivity index (χ3v) is 3.65. The number of methoxy groups -OCH3 is 1. The second-order valence-electron chi connectivity index (χ2n) is 5.87. The van der Waals surface area contributed by atoms with Gasteiger partial charge in [-0.25, -0.2) is 9.59 Å². The largest absolute Gasteiger partial charge is 0.453 e. The number of hydrogen-bond acceptors (Lipinski definition) is 4. The predicted molar refractivity (Wildman–Crippen MR) is 103 cm³/mol. The molecule has 2 aromatic rings. The maximum Gasteiger partial charge on any atom is 0.411 e. The highest BCUT2D eigenvalue weighted by atomic mass is 16.5. The van der Waals surface area contributed by atoms with Crippen molar-refractivity contribution in [2.24, 2.45) is 0 Å². The zero-order chi connectivity index (χ0) is 19.8. The summed E-state index contributed by atoms with van der Waals surface area (Å²) in [5, 5.41) is 7.85. The summed E-state index contributed by atoms with van der Waals surface area (Å²) < 4.78 is 4.53. The van der Waals surface area contributed by atoms with Crippen LogP contribution in [0, 0.1) is 0 Å². The van der Waals surface area contributed by atoms with E-state index in [1.165, 1.54) is 12.0 Å². The molecule has 1 atom stereocenters. The van der Waals surface area contributed by atoms with E-state index < -0.39 is 18.2 Å². The number of anilines is 2. The van der Waals surface area contributed by atoms with Crippen molar-refractivity contribution in [3.05, 3.63) is 60.2 Å². The summed E-state index contributed by atoms with van der Waals surface area (Å²) in [7, 11) is 4.51. The lowest BCUT2D eigenvalue weighted by Gasteiger charge is -2.22. The van der Waals surface area contributed by atoms with Crippen LogP contribution >= 0.6 is 0 Å². The van der Waals surface area contributed by atoms with Crippen molar-refractivity contribution < 1.29 is 19.1 Å². The van der Waals surface area contributed by atoms with Gasteiger partial charge in [-0.05, 0) is 23.8 Å². The number of ether oxygens (including phenoxy) is 1. The monoisotopic (exact) mass is 370 g/mol. The molecule has 8 heteroatoms. The Labute approximate surface area is 157 Å². The Morgan fingerprint density at radius 3 is 2.15 bits per heavy atom. The third-order valence-electron chi connectivity index (χ3n) is 3.65. The molecule has 0 saturated heterocycles. The summed E-state index contributed by atoms with van der Waals surface area (Å²) in [6.07, 6.45) is -0.614. The van der Waals surface area contributed by atoms with Crippen LogP contribution in [0.2, 0.25) is 0 Å². The van der Waals surface area contributed by atoms with Crippen molar-refractivity contribution in [2.45, 2.75) is 6.04 Å². The molecule has 0 bridgehead atoms. The summed E-state index contributed by atoms with van der Waals surface area (Å²) in [4.78, 5) is 37.6. The van der Waals surface area contributed by atoms with Crippen LogP contribution in [-0.2, 0) is 9.53 Å². The molecule has 2 aromatic carbocycles. The van der Waals surface area contributed by atoms with Crippen LogP contribution in [0.15, 0.2) is 54.6 Å². The molecule has 0 aliphatic carbocycles. The Hall–Kier alpha value is -3.55. The number of urea groups is 1. The van der Waals surface area contributed by atoms with Gasteiger partial charge in [0, 0.05) is 25.5 Å². The Morgan fingerprint density at radius 2 is 1.56 bits per heavy atom. The molecule has 0 fully saturated rings. The van der Waals surface area contributed by atoms with Gasteiger partial charge in [-0.2, -0.15) is 0 Å². The molecule has 0 radical (unpaired) electrons. The minimum atomic E-state index is -0.822. The lowest BCUT2D eigenvalue weighted by Crippen LogP contribution is -2.41. The normalized spacial score (nSPS) is 11.1. The van der Waals surface area contributed by atoms with Gasteiger partial charge in [-0.3, -0.25) is 10.1 Å². The van der Waals surface area contributed by atoms with Gasteiger partial charge < -0.3 is 20.3 Å². The molecule has 0 spiro atoms. The summed E-state index contributed by atoms with van der Waals surface area (Å²) in [6.45, 7) is 0. The van der Waals surface area contributed by atoms with Gasteiger partial charge >= 0.3 is 12.1 Å². The SMILES string of the molecule is COC(=O)Nc1cccc(NC(=O)N[C@@H](C(=O)N(C)C)c2ccccc2)c1. The fourth-order valence-electron chi connectivity index (χ4n) is 2.33. The first kappa shape index (κ1) is 19.8. The zero-order valence-corrected chi connectivity index (χ0v) is 15.4. The van der Waals surface area contributed by atoms with Crippen molar-refractivity contribution in [3.63, 3.8) is 0 Å². The predicted octanol–water partition coefficient (Wildman–Crippen LogP) is 2.82. The second kappa shape index (κ2) is 9.23. The highest BCUT2D eigenvalue weighted by Crippen LogP contribution is 2.17. The molecular weight excluding hydrogens is 348 g/mol. The van der Waals surface area contributed by atoms with Crippen molar-refractivity contribution in [1.82, 2.24) is 10.2 Å². The smallest absolute Gasteiger partial charge is 0.411 e. The highest BCUT2D eigenvalue weighted by molar-refractivity contribution is 5.95. The second-order valence-corrected chi connectivity index (χ2v) is 5.87. The molecular formula is C19H22N4O4. The summed E-state index contributed by atoms with van der Waals surface area (Å²) in [6, 6.07) is 14.2. The summed E-state index contributed by atoms with van der Waals surface area (Å²) in [5.41, 5.74) is 1.58. The third kappa shape index (κ3) is 5.74. The number of nitrogens with one attached hydrogen (secondary N) is 3. The number of amides is 4.